The summed E-state index contributed by atoms with van der Waals surface area (Å²) in [6, 6.07) is 0.671. The zero-order chi connectivity index (χ0) is 11.3. The molecule has 0 unspecified atom stereocenters. The molecular weight excluding hydrogens is 188 g/mol. The van der Waals surface area contributed by atoms with E-state index in [0.29, 0.717) is 6.04 Å². The van der Waals surface area contributed by atoms with Gasteiger partial charge in [0.1, 0.15) is 0 Å². The van der Waals surface area contributed by atoms with Gasteiger partial charge in [0, 0.05) is 19.1 Å². The van der Waals surface area contributed by atoms with Crippen LogP contribution in [0.25, 0.3) is 0 Å². The Hall–Kier alpha value is -0.770. The monoisotopic (exact) mass is 212 g/mol. The topological polar surface area (TPSA) is 53.6 Å². The van der Waals surface area contributed by atoms with E-state index >= 15 is 0 Å². The largest absolute Gasteiger partial charge is 0.339 e. The van der Waals surface area contributed by atoms with Crippen LogP contribution < -0.4 is 11.3 Å². The maximum atomic E-state index is 5.51. The van der Waals surface area contributed by atoms with Gasteiger partial charge in [-0.1, -0.05) is 13.8 Å². The summed E-state index contributed by atoms with van der Waals surface area (Å²) in [5.41, 5.74) is 2.72. The van der Waals surface area contributed by atoms with E-state index in [1.54, 1.807) is 0 Å². The van der Waals surface area contributed by atoms with Crippen molar-refractivity contribution in [3.05, 3.63) is 0 Å². The molecular formula is C11H24N4. The summed E-state index contributed by atoms with van der Waals surface area (Å²) < 4.78 is 0. The fourth-order valence-electron chi connectivity index (χ4n) is 1.61. The molecule has 4 nitrogen and oxygen atoms in total. The van der Waals surface area contributed by atoms with Crippen LogP contribution in [0.3, 0.4) is 0 Å². The van der Waals surface area contributed by atoms with Crippen LogP contribution in [0, 0.1) is 5.92 Å². The molecule has 0 aromatic carbocycles. The highest BCUT2D eigenvalue weighted by atomic mass is 15.4. The molecule has 1 aliphatic rings. The average molecular weight is 212 g/mol. The fraction of sp³-hybridized carbons (Fsp3) is 0.909. The third-order valence-electron chi connectivity index (χ3n) is 2.64. The van der Waals surface area contributed by atoms with Gasteiger partial charge in [0.2, 0.25) is 5.96 Å². The molecule has 0 radical (unpaired) electrons. The predicted molar refractivity (Wildman–Crippen MR) is 64.5 cm³/mol. The summed E-state index contributed by atoms with van der Waals surface area (Å²) in [5.74, 6) is 7.10. The van der Waals surface area contributed by atoms with Crippen molar-refractivity contribution in [2.45, 2.75) is 46.1 Å². The minimum absolute atomic E-state index is 0.671. The second kappa shape index (κ2) is 5.95. The third kappa shape index (κ3) is 4.08. The Morgan fingerprint density at radius 3 is 2.60 bits per heavy atom. The molecule has 0 heterocycles. The number of nitrogens with two attached hydrogens (primary N) is 1. The van der Waals surface area contributed by atoms with Gasteiger partial charge in [-0.25, -0.2) is 5.84 Å². The lowest BCUT2D eigenvalue weighted by Gasteiger charge is -2.26. The van der Waals surface area contributed by atoms with Crippen LogP contribution >= 0.6 is 0 Å². The van der Waals surface area contributed by atoms with Crippen molar-refractivity contribution in [3.8, 4) is 0 Å². The molecule has 0 atom stereocenters. The summed E-state index contributed by atoms with van der Waals surface area (Å²) in [6.07, 6.45) is 3.76. The van der Waals surface area contributed by atoms with Crippen molar-refractivity contribution < 1.29 is 0 Å². The highest BCUT2D eigenvalue weighted by Gasteiger charge is 2.30. The molecule has 0 spiro atoms. The maximum absolute atomic E-state index is 5.51. The second-order valence-electron chi connectivity index (χ2n) is 4.55. The van der Waals surface area contributed by atoms with Crippen molar-refractivity contribution in [2.24, 2.45) is 16.8 Å². The van der Waals surface area contributed by atoms with Crippen LogP contribution in [-0.4, -0.2) is 30.0 Å². The highest BCUT2D eigenvalue weighted by molar-refractivity contribution is 5.80. The van der Waals surface area contributed by atoms with Crippen molar-refractivity contribution in [3.63, 3.8) is 0 Å². The lowest BCUT2D eigenvalue weighted by Crippen LogP contribution is -2.46. The zero-order valence-corrected chi connectivity index (χ0v) is 10.2. The quantitative estimate of drug-likeness (QED) is 0.313. The standard InChI is InChI=1S/C11H24N4/c1-4-13-11(14-12)15(10-5-6-10)8-7-9(2)3/h9-10H,4-8,12H2,1-3H3,(H,13,14). The van der Waals surface area contributed by atoms with Crippen LogP contribution in [0.4, 0.5) is 0 Å². The van der Waals surface area contributed by atoms with E-state index in [-0.39, 0.29) is 0 Å². The molecule has 3 N–H and O–H groups in total. The van der Waals surface area contributed by atoms with E-state index < -0.39 is 0 Å². The number of aliphatic imine (C=N–C) groups is 1. The van der Waals surface area contributed by atoms with Crippen molar-refractivity contribution in [1.82, 2.24) is 10.3 Å². The van der Waals surface area contributed by atoms with Crippen LogP contribution in [0.5, 0.6) is 0 Å². The van der Waals surface area contributed by atoms with Crippen molar-refractivity contribution in [1.29, 1.82) is 0 Å². The Morgan fingerprint density at radius 1 is 1.53 bits per heavy atom. The lowest BCUT2D eigenvalue weighted by atomic mass is 10.1. The van der Waals surface area contributed by atoms with Gasteiger partial charge in [-0.2, -0.15) is 0 Å². The van der Waals surface area contributed by atoms with Crippen LogP contribution in [0.15, 0.2) is 4.99 Å². The minimum Gasteiger partial charge on any atom is -0.339 e. The third-order valence-corrected chi connectivity index (χ3v) is 2.64. The van der Waals surface area contributed by atoms with Crippen LogP contribution in [-0.2, 0) is 0 Å². The number of nitrogens with zero attached hydrogens (tertiary/aromatic N) is 2. The molecule has 0 aliphatic heterocycles. The van der Waals surface area contributed by atoms with Crippen molar-refractivity contribution in [2.75, 3.05) is 13.1 Å². The normalized spacial score (nSPS) is 17.0. The molecule has 0 bridgehead atoms. The maximum Gasteiger partial charge on any atom is 0.208 e. The molecule has 0 aromatic heterocycles. The number of nitrogens with one attached hydrogen (secondary N) is 1. The summed E-state index contributed by atoms with van der Waals surface area (Å²) >= 11 is 0. The van der Waals surface area contributed by atoms with E-state index in [1.165, 1.54) is 19.3 Å². The Bertz CT molecular complexity index is 209. The number of guanidine groups is 1. The van der Waals surface area contributed by atoms with Gasteiger partial charge in [-0.3, -0.25) is 10.4 Å². The van der Waals surface area contributed by atoms with E-state index in [2.05, 4.69) is 29.2 Å². The summed E-state index contributed by atoms with van der Waals surface area (Å²) in [5, 5.41) is 0. The summed E-state index contributed by atoms with van der Waals surface area (Å²) in [6.45, 7) is 8.37. The first kappa shape index (κ1) is 12.3. The first-order chi connectivity index (χ1) is 7.19. The smallest absolute Gasteiger partial charge is 0.208 e. The Morgan fingerprint density at radius 2 is 2.20 bits per heavy atom. The first-order valence-corrected chi connectivity index (χ1v) is 5.96. The highest BCUT2D eigenvalue weighted by Crippen LogP contribution is 2.27. The van der Waals surface area contributed by atoms with Crippen molar-refractivity contribution >= 4 is 5.96 Å². The Kier molecular flexibility index (Phi) is 4.88. The van der Waals surface area contributed by atoms with E-state index in [4.69, 9.17) is 5.84 Å². The average Bonchev–Trinajstić information content (AvgIpc) is 3.00. The van der Waals surface area contributed by atoms with Gasteiger partial charge in [0.15, 0.2) is 0 Å². The number of rotatable bonds is 5. The first-order valence-electron chi connectivity index (χ1n) is 5.96. The molecule has 88 valence electrons. The predicted octanol–water partition coefficient (Wildman–Crippen LogP) is 1.34. The molecule has 0 aromatic rings. The van der Waals surface area contributed by atoms with E-state index in [0.717, 1.165) is 25.0 Å². The Labute approximate surface area is 92.9 Å². The fourth-order valence-corrected chi connectivity index (χ4v) is 1.61. The molecule has 1 rings (SSSR count). The van der Waals surface area contributed by atoms with Gasteiger partial charge in [0.25, 0.3) is 0 Å². The second-order valence-corrected chi connectivity index (χ2v) is 4.55. The van der Waals surface area contributed by atoms with E-state index in [1.807, 2.05) is 6.92 Å². The molecule has 0 amide bonds. The molecule has 0 saturated heterocycles. The van der Waals surface area contributed by atoms with Crippen LogP contribution in [0.2, 0.25) is 0 Å². The van der Waals surface area contributed by atoms with Gasteiger partial charge >= 0.3 is 0 Å². The summed E-state index contributed by atoms with van der Waals surface area (Å²) in [4.78, 5) is 6.71. The summed E-state index contributed by atoms with van der Waals surface area (Å²) in [7, 11) is 0. The van der Waals surface area contributed by atoms with Gasteiger partial charge in [-0.15, -0.1) is 0 Å². The number of hydrogen-bond acceptors (Lipinski definition) is 2. The van der Waals surface area contributed by atoms with E-state index in [9.17, 15) is 0 Å². The zero-order valence-electron chi connectivity index (χ0n) is 10.2. The molecule has 1 fully saturated rings. The van der Waals surface area contributed by atoms with Gasteiger partial charge in [-0.05, 0) is 32.1 Å². The molecule has 1 saturated carbocycles. The number of hydrazine groups is 1. The molecule has 15 heavy (non-hydrogen) atoms. The molecule has 1 aliphatic carbocycles. The van der Waals surface area contributed by atoms with Gasteiger partial charge in [0.05, 0.1) is 0 Å². The molecule has 4 heteroatoms. The minimum atomic E-state index is 0.671. The SMILES string of the molecule is CCN=C(NN)N(CCC(C)C)C1CC1. The number of hydrogen-bond donors (Lipinski definition) is 2. The van der Waals surface area contributed by atoms with Crippen LogP contribution in [0.1, 0.15) is 40.0 Å². The van der Waals surface area contributed by atoms with Gasteiger partial charge < -0.3 is 4.90 Å². The lowest BCUT2D eigenvalue weighted by molar-refractivity contribution is 0.360. The Balaban J connectivity index is 2.51.